The van der Waals surface area contributed by atoms with Crippen molar-refractivity contribution in [2.24, 2.45) is 0 Å². The van der Waals surface area contributed by atoms with Crippen LogP contribution in [0.25, 0.3) is 0 Å². The lowest BCUT2D eigenvalue weighted by Crippen LogP contribution is -2.30. The number of hydrogen-bond donors (Lipinski definition) is 1. The van der Waals surface area contributed by atoms with Crippen LogP contribution in [0.5, 0.6) is 0 Å². The van der Waals surface area contributed by atoms with Crippen LogP contribution >= 0.6 is 0 Å². The lowest BCUT2D eigenvalue weighted by molar-refractivity contribution is -0.385. The van der Waals surface area contributed by atoms with Crippen molar-refractivity contribution in [1.29, 1.82) is 0 Å². The molecule has 0 heterocycles. The Bertz CT molecular complexity index is 910. The number of nitrogens with one attached hydrogen (secondary N) is 1. The summed E-state index contributed by atoms with van der Waals surface area (Å²) >= 11 is 0. The number of rotatable bonds is 7. The van der Waals surface area contributed by atoms with Gasteiger partial charge < -0.3 is 5.32 Å². The molecular formula is C17H19N3O5S. The molecule has 0 saturated heterocycles. The number of benzene rings is 2. The van der Waals surface area contributed by atoms with E-state index in [2.05, 4.69) is 5.32 Å². The molecule has 1 amide bonds. The predicted octanol–water partition coefficient (Wildman–Crippen LogP) is 2.07. The summed E-state index contributed by atoms with van der Waals surface area (Å²) in [5.74, 6) is -0.307. The number of carbonyl (C=O) groups is 1. The number of nitro benzene ring substituents is 1. The van der Waals surface area contributed by atoms with E-state index in [1.807, 2.05) is 0 Å². The molecule has 0 fully saturated rings. The van der Waals surface area contributed by atoms with Crippen LogP contribution in [0, 0.1) is 10.1 Å². The number of likely N-dealkylation sites (N-methyl/N-ethyl adjacent to an activating group) is 1. The molecule has 2 aromatic rings. The van der Waals surface area contributed by atoms with Gasteiger partial charge in [0.1, 0.15) is 0 Å². The zero-order chi connectivity index (χ0) is 19.3. The number of para-hydroxylation sites is 1. The van der Waals surface area contributed by atoms with Crippen LogP contribution in [-0.2, 0) is 21.2 Å². The Kier molecular flexibility index (Phi) is 6.06. The van der Waals surface area contributed by atoms with Crippen LogP contribution < -0.4 is 5.32 Å². The molecule has 0 radical (unpaired) electrons. The molecule has 0 saturated carbocycles. The summed E-state index contributed by atoms with van der Waals surface area (Å²) in [6, 6.07) is 12.2. The van der Waals surface area contributed by atoms with E-state index < -0.39 is 14.8 Å². The van der Waals surface area contributed by atoms with Gasteiger partial charge in [0.05, 0.1) is 16.4 Å². The van der Waals surface area contributed by atoms with Crippen LogP contribution in [0.3, 0.4) is 0 Å². The lowest BCUT2D eigenvalue weighted by Gasteiger charge is -2.16. The van der Waals surface area contributed by atoms with Gasteiger partial charge in [-0.05, 0) is 31.3 Å². The number of carbonyl (C=O) groups excluding carboxylic acids is 1. The monoisotopic (exact) mass is 377 g/mol. The molecule has 0 spiro atoms. The first-order valence-electron chi connectivity index (χ1n) is 7.67. The largest absolute Gasteiger partial charge is 0.325 e. The number of sulfone groups is 1. The van der Waals surface area contributed by atoms with E-state index in [-0.39, 0.29) is 29.6 Å². The highest BCUT2D eigenvalue weighted by atomic mass is 32.2. The van der Waals surface area contributed by atoms with Crippen molar-refractivity contribution in [2.45, 2.75) is 11.4 Å². The first kappa shape index (κ1) is 19.5. The number of hydrogen-bond acceptors (Lipinski definition) is 6. The molecule has 26 heavy (non-hydrogen) atoms. The molecule has 9 heteroatoms. The third-order valence-corrected chi connectivity index (χ3v) is 4.74. The molecule has 0 bridgehead atoms. The SMILES string of the molecule is CN(CC(=O)Nc1ccc(S(C)(=O)=O)cc1)Cc1ccccc1[N+](=O)[O-]. The van der Waals surface area contributed by atoms with Gasteiger partial charge in [0.2, 0.25) is 5.91 Å². The lowest BCUT2D eigenvalue weighted by atomic mass is 10.1. The molecule has 0 aliphatic carbocycles. The molecule has 0 aliphatic rings. The van der Waals surface area contributed by atoms with Gasteiger partial charge >= 0.3 is 0 Å². The molecule has 138 valence electrons. The second-order valence-corrected chi connectivity index (χ2v) is 7.92. The Morgan fingerprint density at radius 2 is 1.77 bits per heavy atom. The summed E-state index contributed by atoms with van der Waals surface area (Å²) in [5.41, 5.74) is 1.00. The van der Waals surface area contributed by atoms with Crippen molar-refractivity contribution in [2.75, 3.05) is 25.2 Å². The van der Waals surface area contributed by atoms with Crippen molar-refractivity contribution in [3.8, 4) is 0 Å². The Balaban J connectivity index is 1.96. The van der Waals surface area contributed by atoms with E-state index in [9.17, 15) is 23.3 Å². The minimum atomic E-state index is -3.29. The molecule has 2 rings (SSSR count). The zero-order valence-electron chi connectivity index (χ0n) is 14.4. The van der Waals surface area contributed by atoms with E-state index in [4.69, 9.17) is 0 Å². The van der Waals surface area contributed by atoms with Gasteiger partial charge in [-0.3, -0.25) is 19.8 Å². The van der Waals surface area contributed by atoms with Crippen LogP contribution in [0.15, 0.2) is 53.4 Å². The standard InChI is InChI=1S/C17H19N3O5S/c1-19(11-13-5-3-4-6-16(13)20(22)23)12-17(21)18-14-7-9-15(10-8-14)26(2,24)25/h3-10H,11-12H2,1-2H3,(H,18,21). The predicted molar refractivity (Wildman–Crippen MR) is 97.6 cm³/mol. The smallest absolute Gasteiger partial charge is 0.273 e. The fourth-order valence-corrected chi connectivity index (χ4v) is 3.03. The molecule has 2 aromatic carbocycles. The van der Waals surface area contributed by atoms with E-state index >= 15 is 0 Å². The number of anilines is 1. The van der Waals surface area contributed by atoms with Crippen LogP contribution in [0.1, 0.15) is 5.56 Å². The maximum atomic E-state index is 12.1. The van der Waals surface area contributed by atoms with Gasteiger partial charge in [0.25, 0.3) is 5.69 Å². The Labute approximate surface area is 151 Å². The summed E-state index contributed by atoms with van der Waals surface area (Å²) in [5, 5.41) is 13.7. The van der Waals surface area contributed by atoms with Crippen molar-refractivity contribution >= 4 is 27.1 Å². The highest BCUT2D eigenvalue weighted by Gasteiger charge is 2.15. The third-order valence-electron chi connectivity index (χ3n) is 3.61. The average molecular weight is 377 g/mol. The maximum absolute atomic E-state index is 12.1. The summed E-state index contributed by atoms with van der Waals surface area (Å²) in [6.07, 6.45) is 1.11. The summed E-state index contributed by atoms with van der Waals surface area (Å²) < 4.78 is 22.8. The molecule has 1 N–H and O–H groups in total. The van der Waals surface area contributed by atoms with Crippen molar-refractivity contribution in [1.82, 2.24) is 4.90 Å². The molecular weight excluding hydrogens is 358 g/mol. The Morgan fingerprint density at radius 3 is 2.35 bits per heavy atom. The average Bonchev–Trinajstić information content (AvgIpc) is 2.54. The van der Waals surface area contributed by atoms with E-state index in [0.717, 1.165) is 6.26 Å². The number of nitro groups is 1. The second-order valence-electron chi connectivity index (χ2n) is 5.90. The molecule has 0 aliphatic heterocycles. The van der Waals surface area contributed by atoms with Crippen LogP contribution in [-0.4, -0.2) is 44.0 Å². The first-order chi connectivity index (χ1) is 12.2. The number of amides is 1. The Morgan fingerprint density at radius 1 is 1.15 bits per heavy atom. The highest BCUT2D eigenvalue weighted by molar-refractivity contribution is 7.90. The fourth-order valence-electron chi connectivity index (χ4n) is 2.40. The van der Waals surface area contributed by atoms with Gasteiger partial charge in [0, 0.05) is 30.1 Å². The molecule has 0 atom stereocenters. The first-order valence-corrected chi connectivity index (χ1v) is 9.57. The highest BCUT2D eigenvalue weighted by Crippen LogP contribution is 2.19. The second kappa shape index (κ2) is 8.07. The number of nitrogens with zero attached hydrogens (tertiary/aromatic N) is 2. The Hall–Kier alpha value is -2.78. The maximum Gasteiger partial charge on any atom is 0.273 e. The normalized spacial score (nSPS) is 11.3. The third kappa shape index (κ3) is 5.36. The fraction of sp³-hybridized carbons (Fsp3) is 0.235. The van der Waals surface area contributed by atoms with E-state index in [1.165, 1.54) is 30.3 Å². The van der Waals surface area contributed by atoms with Gasteiger partial charge in [-0.1, -0.05) is 18.2 Å². The van der Waals surface area contributed by atoms with Crippen LogP contribution in [0.2, 0.25) is 0 Å². The van der Waals surface area contributed by atoms with E-state index in [0.29, 0.717) is 11.3 Å². The molecule has 0 aromatic heterocycles. The van der Waals surface area contributed by atoms with Gasteiger partial charge in [-0.25, -0.2) is 8.42 Å². The summed E-state index contributed by atoms with van der Waals surface area (Å²) in [7, 11) is -1.61. The minimum Gasteiger partial charge on any atom is -0.325 e. The quantitative estimate of drug-likeness (QED) is 0.584. The summed E-state index contributed by atoms with van der Waals surface area (Å²) in [4.78, 5) is 24.5. The van der Waals surface area contributed by atoms with Crippen molar-refractivity contribution in [3.63, 3.8) is 0 Å². The minimum absolute atomic E-state index is 0.0103. The van der Waals surface area contributed by atoms with Crippen LogP contribution in [0.4, 0.5) is 11.4 Å². The van der Waals surface area contributed by atoms with Crippen molar-refractivity contribution in [3.05, 3.63) is 64.2 Å². The van der Waals surface area contributed by atoms with Gasteiger partial charge in [-0.2, -0.15) is 0 Å². The van der Waals surface area contributed by atoms with E-state index in [1.54, 1.807) is 30.1 Å². The van der Waals surface area contributed by atoms with Gasteiger partial charge in [0.15, 0.2) is 9.84 Å². The topological polar surface area (TPSA) is 110 Å². The molecule has 8 nitrogen and oxygen atoms in total. The zero-order valence-corrected chi connectivity index (χ0v) is 15.2. The summed E-state index contributed by atoms with van der Waals surface area (Å²) in [6.45, 7) is 0.275. The molecule has 0 unspecified atom stereocenters. The van der Waals surface area contributed by atoms with Gasteiger partial charge in [-0.15, -0.1) is 0 Å². The van der Waals surface area contributed by atoms with Crippen molar-refractivity contribution < 1.29 is 18.1 Å².